The van der Waals surface area contributed by atoms with Crippen LogP contribution in [0.4, 0.5) is 4.79 Å². The third kappa shape index (κ3) is 5.29. The highest BCUT2D eigenvalue weighted by Gasteiger charge is 2.35. The maximum absolute atomic E-state index is 12.8. The van der Waals surface area contributed by atoms with E-state index in [4.69, 9.17) is 4.74 Å². The van der Waals surface area contributed by atoms with E-state index in [-0.39, 0.29) is 5.91 Å². The third-order valence-electron chi connectivity index (χ3n) is 5.33. The molecule has 0 unspecified atom stereocenters. The summed E-state index contributed by atoms with van der Waals surface area (Å²) < 4.78 is 7.29. The van der Waals surface area contributed by atoms with Crippen molar-refractivity contribution in [3.8, 4) is 0 Å². The smallest absolute Gasteiger partial charge is 0.408 e. The number of carbonyl (C=O) groups is 2. The standard InChI is InChI=1S/C21H32N4O3S/c1-14-15-12-16(29-18(15)25(5)24-14)17(26)22-13-21(10-8-6-7-9-11-21)23-19(27)28-20(2,3)4/h12H,6-11,13H2,1-5H3,(H,22,26)(H,23,27). The molecule has 2 aromatic rings. The Kier molecular flexibility index (Phi) is 6.22. The maximum Gasteiger partial charge on any atom is 0.408 e. The van der Waals surface area contributed by atoms with E-state index in [9.17, 15) is 9.59 Å². The predicted octanol–water partition coefficient (Wildman–Crippen LogP) is 4.29. The lowest BCUT2D eigenvalue weighted by Crippen LogP contribution is -2.56. The Morgan fingerprint density at radius 3 is 2.48 bits per heavy atom. The first kappa shape index (κ1) is 21.6. The fourth-order valence-corrected chi connectivity index (χ4v) is 4.96. The number of aromatic nitrogens is 2. The van der Waals surface area contributed by atoms with Crippen LogP contribution >= 0.6 is 11.3 Å². The average molecular weight is 421 g/mol. The topological polar surface area (TPSA) is 85.3 Å². The number of alkyl carbamates (subject to hydrolysis) is 1. The second-order valence-corrected chi connectivity index (χ2v) is 10.1. The molecule has 2 amide bonds. The minimum Gasteiger partial charge on any atom is -0.444 e. The first-order valence-electron chi connectivity index (χ1n) is 10.3. The van der Waals surface area contributed by atoms with E-state index in [1.54, 1.807) is 0 Å². The Labute approximate surface area is 176 Å². The molecule has 0 aromatic carbocycles. The second-order valence-electron chi connectivity index (χ2n) is 9.04. The largest absolute Gasteiger partial charge is 0.444 e. The highest BCUT2D eigenvalue weighted by molar-refractivity contribution is 7.20. The number of nitrogens with zero attached hydrogens (tertiary/aromatic N) is 2. The molecular formula is C21H32N4O3S. The summed E-state index contributed by atoms with van der Waals surface area (Å²) in [6.07, 6.45) is 5.60. The molecule has 0 radical (unpaired) electrons. The molecule has 0 saturated heterocycles. The highest BCUT2D eigenvalue weighted by Crippen LogP contribution is 2.29. The molecule has 7 nitrogen and oxygen atoms in total. The number of carbonyl (C=O) groups excluding carboxylic acids is 2. The van der Waals surface area contributed by atoms with E-state index in [0.29, 0.717) is 11.4 Å². The van der Waals surface area contributed by atoms with Crippen LogP contribution in [0.2, 0.25) is 0 Å². The Hall–Kier alpha value is -2.09. The molecule has 1 aliphatic rings. The van der Waals surface area contributed by atoms with E-state index in [1.165, 1.54) is 11.3 Å². The number of nitrogens with one attached hydrogen (secondary N) is 2. The summed E-state index contributed by atoms with van der Waals surface area (Å²) in [5.74, 6) is -0.111. The first-order valence-corrected chi connectivity index (χ1v) is 11.1. The maximum atomic E-state index is 12.8. The predicted molar refractivity (Wildman–Crippen MR) is 115 cm³/mol. The van der Waals surface area contributed by atoms with Gasteiger partial charge in [0.15, 0.2) is 0 Å². The van der Waals surface area contributed by atoms with Crippen LogP contribution in [-0.4, -0.2) is 39.5 Å². The van der Waals surface area contributed by atoms with Gasteiger partial charge >= 0.3 is 6.09 Å². The lowest BCUT2D eigenvalue weighted by molar-refractivity contribution is 0.0437. The van der Waals surface area contributed by atoms with Crippen LogP contribution in [0, 0.1) is 6.92 Å². The molecule has 0 spiro atoms. The Balaban J connectivity index is 1.72. The van der Waals surface area contributed by atoms with Crippen LogP contribution in [0.25, 0.3) is 10.2 Å². The van der Waals surface area contributed by atoms with E-state index in [1.807, 2.05) is 45.5 Å². The van der Waals surface area contributed by atoms with Crippen molar-refractivity contribution in [1.29, 1.82) is 0 Å². The molecule has 2 heterocycles. The number of aryl methyl sites for hydroxylation is 2. The van der Waals surface area contributed by atoms with Gasteiger partial charge in [-0.3, -0.25) is 9.48 Å². The zero-order valence-electron chi connectivity index (χ0n) is 18.1. The number of rotatable bonds is 4. The number of amides is 2. The van der Waals surface area contributed by atoms with Crippen LogP contribution in [0.5, 0.6) is 0 Å². The molecule has 160 valence electrons. The van der Waals surface area contributed by atoms with Gasteiger partial charge < -0.3 is 15.4 Å². The SMILES string of the molecule is Cc1nn(C)c2sc(C(=O)NCC3(NC(=O)OC(C)(C)C)CCCCCC3)cc12. The van der Waals surface area contributed by atoms with Crippen molar-refractivity contribution in [2.45, 2.75) is 77.4 Å². The lowest BCUT2D eigenvalue weighted by Gasteiger charge is -2.35. The number of fused-ring (bicyclic) bond motifs is 1. The van der Waals surface area contributed by atoms with Crippen LogP contribution in [0.15, 0.2) is 6.07 Å². The van der Waals surface area contributed by atoms with Gasteiger partial charge in [-0.05, 0) is 46.6 Å². The van der Waals surface area contributed by atoms with Crippen LogP contribution in [-0.2, 0) is 11.8 Å². The van der Waals surface area contributed by atoms with Crippen LogP contribution < -0.4 is 10.6 Å². The van der Waals surface area contributed by atoms with Gasteiger partial charge in [-0.2, -0.15) is 5.10 Å². The number of hydrogen-bond acceptors (Lipinski definition) is 5. The Bertz CT molecular complexity index is 851. The van der Waals surface area contributed by atoms with Gasteiger partial charge in [0.05, 0.1) is 16.1 Å². The summed E-state index contributed by atoms with van der Waals surface area (Å²) >= 11 is 1.44. The summed E-state index contributed by atoms with van der Waals surface area (Å²) in [4.78, 5) is 27.0. The summed E-state index contributed by atoms with van der Waals surface area (Å²) in [6, 6.07) is 1.90. The van der Waals surface area contributed by atoms with Crippen molar-refractivity contribution in [2.24, 2.45) is 7.05 Å². The molecule has 1 fully saturated rings. The summed E-state index contributed by atoms with van der Waals surface area (Å²) in [5.41, 5.74) is -0.102. The van der Waals surface area contributed by atoms with Gasteiger partial charge in [-0.1, -0.05) is 25.7 Å². The van der Waals surface area contributed by atoms with E-state index in [2.05, 4.69) is 15.7 Å². The number of thiophene rings is 1. The van der Waals surface area contributed by atoms with Gasteiger partial charge in [0, 0.05) is 19.0 Å². The minimum atomic E-state index is -0.553. The molecule has 3 rings (SSSR count). The van der Waals surface area contributed by atoms with E-state index < -0.39 is 17.2 Å². The lowest BCUT2D eigenvalue weighted by atomic mass is 9.90. The molecular weight excluding hydrogens is 388 g/mol. The van der Waals surface area contributed by atoms with Gasteiger partial charge in [-0.15, -0.1) is 11.3 Å². The molecule has 0 bridgehead atoms. The molecule has 2 aromatic heterocycles. The number of hydrogen-bond donors (Lipinski definition) is 2. The molecule has 0 aliphatic heterocycles. The monoisotopic (exact) mass is 420 g/mol. The average Bonchev–Trinajstić information content (AvgIpc) is 3.07. The summed E-state index contributed by atoms with van der Waals surface area (Å²) in [6.45, 7) is 7.91. The second kappa shape index (κ2) is 8.34. The first-order chi connectivity index (χ1) is 13.6. The van der Waals surface area contributed by atoms with E-state index in [0.717, 1.165) is 54.4 Å². The van der Waals surface area contributed by atoms with E-state index >= 15 is 0 Å². The minimum absolute atomic E-state index is 0.111. The van der Waals surface area contributed by atoms with Gasteiger partial charge in [0.2, 0.25) is 0 Å². The molecule has 29 heavy (non-hydrogen) atoms. The van der Waals surface area contributed by atoms with Crippen LogP contribution in [0.1, 0.15) is 74.7 Å². The fourth-order valence-electron chi connectivity index (χ4n) is 3.93. The van der Waals surface area contributed by atoms with Crippen molar-refractivity contribution in [2.75, 3.05) is 6.54 Å². The van der Waals surface area contributed by atoms with Crippen molar-refractivity contribution in [1.82, 2.24) is 20.4 Å². The molecule has 1 aliphatic carbocycles. The summed E-state index contributed by atoms with van der Waals surface area (Å²) in [5, 5.41) is 11.6. The summed E-state index contributed by atoms with van der Waals surface area (Å²) in [7, 11) is 1.89. The molecule has 8 heteroatoms. The van der Waals surface area contributed by atoms with Crippen molar-refractivity contribution in [3.05, 3.63) is 16.6 Å². The zero-order chi connectivity index (χ0) is 21.2. The van der Waals surface area contributed by atoms with Crippen molar-refractivity contribution >= 4 is 33.6 Å². The highest BCUT2D eigenvalue weighted by atomic mass is 32.1. The Morgan fingerprint density at radius 1 is 1.24 bits per heavy atom. The van der Waals surface area contributed by atoms with Gasteiger partial charge in [0.25, 0.3) is 5.91 Å². The number of ether oxygens (including phenoxy) is 1. The quantitative estimate of drug-likeness (QED) is 0.723. The molecule has 2 N–H and O–H groups in total. The van der Waals surface area contributed by atoms with Gasteiger partial charge in [-0.25, -0.2) is 4.79 Å². The van der Waals surface area contributed by atoms with Crippen molar-refractivity contribution < 1.29 is 14.3 Å². The zero-order valence-corrected chi connectivity index (χ0v) is 18.9. The fraction of sp³-hybridized carbons (Fsp3) is 0.667. The molecule has 0 atom stereocenters. The normalized spacial score (nSPS) is 17.0. The Morgan fingerprint density at radius 2 is 1.90 bits per heavy atom. The van der Waals surface area contributed by atoms with Crippen molar-refractivity contribution in [3.63, 3.8) is 0 Å². The third-order valence-corrected chi connectivity index (χ3v) is 6.53. The van der Waals surface area contributed by atoms with Crippen LogP contribution in [0.3, 0.4) is 0 Å². The van der Waals surface area contributed by atoms with Gasteiger partial charge in [0.1, 0.15) is 10.4 Å². The molecule has 1 saturated carbocycles.